The van der Waals surface area contributed by atoms with E-state index in [-0.39, 0.29) is 5.56 Å². The molecule has 0 saturated heterocycles. The molecule has 0 saturated carbocycles. The molecule has 2 N–H and O–H groups in total. The normalized spacial score (nSPS) is 10.6. The van der Waals surface area contributed by atoms with Gasteiger partial charge in [-0.3, -0.25) is 0 Å². The summed E-state index contributed by atoms with van der Waals surface area (Å²) in [7, 11) is -4.23. The van der Waals surface area contributed by atoms with Crippen molar-refractivity contribution in [1.82, 2.24) is 4.72 Å². The van der Waals surface area contributed by atoms with Crippen LogP contribution in [0, 0.1) is 24.2 Å². The number of nitrogens with one attached hydrogen (secondary N) is 1. The van der Waals surface area contributed by atoms with Crippen molar-refractivity contribution >= 4 is 16.0 Å². The van der Waals surface area contributed by atoms with Gasteiger partial charge < -0.3 is 5.11 Å². The molecule has 0 aliphatic carbocycles. The van der Waals surface area contributed by atoms with Crippen LogP contribution in [0.2, 0.25) is 0 Å². The monoisotopic (exact) mass is 258 g/mol. The smallest absolute Gasteiger partial charge is 0.335 e. The molecule has 0 aliphatic heterocycles. The molecule has 0 bridgehead atoms. The number of nitriles is 1. The highest BCUT2D eigenvalue weighted by Crippen LogP contribution is 2.20. The van der Waals surface area contributed by atoms with Gasteiger partial charge in [0.2, 0.25) is 0 Å². The van der Waals surface area contributed by atoms with Gasteiger partial charge >= 0.3 is 5.97 Å². The van der Waals surface area contributed by atoms with Crippen molar-refractivity contribution < 1.29 is 22.7 Å². The van der Waals surface area contributed by atoms with Crippen molar-refractivity contribution in [2.24, 2.45) is 0 Å². The Hall–Kier alpha value is -2.14. The van der Waals surface area contributed by atoms with Crippen LogP contribution in [0.25, 0.3) is 0 Å². The molecule has 0 amide bonds. The molecular weight excluding hydrogens is 251 g/mol. The lowest BCUT2D eigenvalue weighted by atomic mass is 10.1. The van der Waals surface area contributed by atoms with E-state index in [1.807, 2.05) is 0 Å². The molecule has 0 heterocycles. The Labute approximate surface area is 96.4 Å². The molecular formula is C9H7FN2O4S. The first kappa shape index (κ1) is 12.9. The number of carboxylic acids is 1. The summed E-state index contributed by atoms with van der Waals surface area (Å²) in [6.07, 6.45) is 1.19. The summed E-state index contributed by atoms with van der Waals surface area (Å²) in [6.45, 7) is 1.17. The van der Waals surface area contributed by atoms with Crippen molar-refractivity contribution in [2.75, 3.05) is 0 Å². The van der Waals surface area contributed by atoms with E-state index in [0.29, 0.717) is 6.07 Å². The molecule has 0 unspecified atom stereocenters. The van der Waals surface area contributed by atoms with Gasteiger partial charge in [0.05, 0.1) is 10.5 Å². The lowest BCUT2D eigenvalue weighted by Gasteiger charge is -2.07. The van der Waals surface area contributed by atoms with Crippen LogP contribution in [-0.2, 0) is 10.0 Å². The highest BCUT2D eigenvalue weighted by molar-refractivity contribution is 7.89. The van der Waals surface area contributed by atoms with Crippen molar-refractivity contribution in [3.05, 3.63) is 29.1 Å². The first-order chi connectivity index (χ1) is 7.79. The number of benzene rings is 1. The van der Waals surface area contributed by atoms with Gasteiger partial charge in [0, 0.05) is 5.56 Å². The maximum absolute atomic E-state index is 13.3. The third kappa shape index (κ3) is 2.51. The van der Waals surface area contributed by atoms with E-state index in [9.17, 15) is 17.6 Å². The number of hydrogen-bond acceptors (Lipinski definition) is 4. The van der Waals surface area contributed by atoms with Crippen LogP contribution in [0.3, 0.4) is 0 Å². The minimum atomic E-state index is -4.23. The predicted octanol–water partition coefficient (Wildman–Crippen LogP) is 0.592. The minimum absolute atomic E-state index is 0.252. The number of sulfonamides is 1. The summed E-state index contributed by atoms with van der Waals surface area (Å²) in [4.78, 5) is 10.1. The molecule has 0 atom stereocenters. The Kier molecular flexibility index (Phi) is 3.34. The zero-order valence-electron chi connectivity index (χ0n) is 8.56. The third-order valence-electron chi connectivity index (χ3n) is 2.01. The lowest BCUT2D eigenvalue weighted by molar-refractivity contribution is 0.0696. The fraction of sp³-hybridized carbons (Fsp3) is 0.111. The van der Waals surface area contributed by atoms with E-state index < -0.39 is 32.3 Å². The Bertz CT molecular complexity index is 619. The highest BCUT2D eigenvalue weighted by atomic mass is 32.2. The Morgan fingerprint density at radius 1 is 1.53 bits per heavy atom. The van der Waals surface area contributed by atoms with Crippen molar-refractivity contribution in [3.8, 4) is 6.19 Å². The average Bonchev–Trinajstić information content (AvgIpc) is 2.21. The SMILES string of the molecule is Cc1c(F)cc(C(=O)O)cc1S(=O)(=O)NC#N. The first-order valence-electron chi connectivity index (χ1n) is 4.24. The zero-order chi connectivity index (χ0) is 13.2. The second-order valence-corrected chi connectivity index (χ2v) is 4.75. The molecule has 17 heavy (non-hydrogen) atoms. The zero-order valence-corrected chi connectivity index (χ0v) is 9.38. The summed E-state index contributed by atoms with van der Waals surface area (Å²) >= 11 is 0. The fourth-order valence-corrected chi connectivity index (χ4v) is 2.18. The van der Waals surface area contributed by atoms with E-state index in [4.69, 9.17) is 10.4 Å². The maximum atomic E-state index is 13.3. The molecule has 0 radical (unpaired) electrons. The molecule has 0 spiro atoms. The molecule has 8 heteroatoms. The molecule has 1 rings (SSSR count). The van der Waals surface area contributed by atoms with Crippen LogP contribution >= 0.6 is 0 Å². The van der Waals surface area contributed by atoms with E-state index >= 15 is 0 Å². The molecule has 0 aromatic heterocycles. The van der Waals surface area contributed by atoms with E-state index in [2.05, 4.69) is 0 Å². The number of carbonyl (C=O) groups is 1. The van der Waals surface area contributed by atoms with Crippen molar-refractivity contribution in [2.45, 2.75) is 11.8 Å². The summed E-state index contributed by atoms with van der Waals surface area (Å²) < 4.78 is 37.8. The van der Waals surface area contributed by atoms with E-state index in [1.165, 1.54) is 17.8 Å². The summed E-state index contributed by atoms with van der Waals surface area (Å²) in [5, 5.41) is 16.9. The van der Waals surface area contributed by atoms with Crippen LogP contribution in [0.15, 0.2) is 17.0 Å². The average molecular weight is 258 g/mol. The van der Waals surface area contributed by atoms with E-state index in [1.54, 1.807) is 0 Å². The summed E-state index contributed by atoms with van der Waals surface area (Å²) in [6, 6.07) is 1.50. The third-order valence-corrected chi connectivity index (χ3v) is 3.38. The van der Waals surface area contributed by atoms with Gasteiger partial charge in [-0.05, 0) is 19.1 Å². The number of nitrogens with zero attached hydrogens (tertiary/aromatic N) is 1. The van der Waals surface area contributed by atoms with Crippen LogP contribution < -0.4 is 4.72 Å². The summed E-state index contributed by atoms with van der Waals surface area (Å²) in [5.74, 6) is -2.43. The number of hydrogen-bond donors (Lipinski definition) is 2. The maximum Gasteiger partial charge on any atom is 0.335 e. The largest absolute Gasteiger partial charge is 0.478 e. The van der Waals surface area contributed by atoms with Crippen molar-refractivity contribution in [1.29, 1.82) is 5.26 Å². The second kappa shape index (κ2) is 4.39. The first-order valence-corrected chi connectivity index (χ1v) is 5.72. The topological polar surface area (TPSA) is 107 Å². The minimum Gasteiger partial charge on any atom is -0.478 e. The number of aromatic carboxylic acids is 1. The lowest BCUT2D eigenvalue weighted by Crippen LogP contribution is -2.20. The van der Waals surface area contributed by atoms with Crippen LogP contribution in [-0.4, -0.2) is 19.5 Å². The van der Waals surface area contributed by atoms with Crippen LogP contribution in [0.5, 0.6) is 0 Å². The van der Waals surface area contributed by atoms with Gasteiger partial charge in [0.15, 0.2) is 6.19 Å². The van der Waals surface area contributed by atoms with Gasteiger partial charge in [0.25, 0.3) is 10.0 Å². The quantitative estimate of drug-likeness (QED) is 0.609. The fourth-order valence-electron chi connectivity index (χ4n) is 1.17. The number of carboxylic acid groups (broad SMARTS) is 1. The number of halogens is 1. The van der Waals surface area contributed by atoms with Crippen molar-refractivity contribution in [3.63, 3.8) is 0 Å². The van der Waals surface area contributed by atoms with Crippen LogP contribution in [0.1, 0.15) is 15.9 Å². The molecule has 90 valence electrons. The Morgan fingerprint density at radius 2 is 2.12 bits per heavy atom. The van der Waals surface area contributed by atoms with Gasteiger partial charge in [0.1, 0.15) is 5.82 Å². The Balaban J connectivity index is 3.55. The molecule has 6 nitrogen and oxygen atoms in total. The molecule has 0 fully saturated rings. The van der Waals surface area contributed by atoms with Gasteiger partial charge in [-0.1, -0.05) is 0 Å². The number of rotatable bonds is 3. The summed E-state index contributed by atoms with van der Waals surface area (Å²) in [5.41, 5.74) is -0.760. The Morgan fingerprint density at radius 3 is 2.59 bits per heavy atom. The molecule has 1 aromatic carbocycles. The highest BCUT2D eigenvalue weighted by Gasteiger charge is 2.21. The molecule has 1 aromatic rings. The van der Waals surface area contributed by atoms with E-state index in [0.717, 1.165) is 6.07 Å². The standard InChI is InChI=1S/C9H7FN2O4S/c1-5-7(10)2-6(9(13)14)3-8(5)17(15,16)12-4-11/h2-3,12H,1H3,(H,13,14). The predicted molar refractivity (Wildman–Crippen MR) is 54.0 cm³/mol. The second-order valence-electron chi connectivity index (χ2n) is 3.10. The van der Waals surface area contributed by atoms with Gasteiger partial charge in [-0.2, -0.15) is 5.26 Å². The van der Waals surface area contributed by atoms with Gasteiger partial charge in [-0.15, -0.1) is 0 Å². The van der Waals surface area contributed by atoms with Crippen LogP contribution in [0.4, 0.5) is 4.39 Å². The van der Waals surface area contributed by atoms with Gasteiger partial charge in [-0.25, -0.2) is 22.3 Å². The molecule has 0 aliphatic rings.